The van der Waals surface area contributed by atoms with E-state index in [2.05, 4.69) is 82.7 Å². The van der Waals surface area contributed by atoms with Crippen LogP contribution in [0, 0.1) is 0 Å². The van der Waals surface area contributed by atoms with Crippen molar-refractivity contribution >= 4 is 34.2 Å². The summed E-state index contributed by atoms with van der Waals surface area (Å²) in [6.07, 6.45) is 2.56. The number of halogens is 1. The van der Waals surface area contributed by atoms with Crippen LogP contribution in [0.15, 0.2) is 103 Å². The van der Waals surface area contributed by atoms with Crippen LogP contribution in [0.5, 0.6) is 0 Å². The number of hydrogen-bond acceptors (Lipinski definition) is 4. The molecule has 3 N–H and O–H groups in total. The van der Waals surface area contributed by atoms with E-state index in [0.717, 1.165) is 42.0 Å². The summed E-state index contributed by atoms with van der Waals surface area (Å²) in [6.45, 7) is 1.34. The largest absolute Gasteiger partial charge is 0.465 e. The van der Waals surface area contributed by atoms with Crippen molar-refractivity contribution in [2.45, 2.75) is 25.3 Å². The molecule has 0 aliphatic carbocycles. The lowest BCUT2D eigenvalue weighted by Gasteiger charge is -2.25. The topological polar surface area (TPSA) is 69.3 Å². The molecule has 204 valence electrons. The second-order valence-corrected chi connectivity index (χ2v) is 10.3. The van der Waals surface area contributed by atoms with Crippen molar-refractivity contribution in [1.29, 1.82) is 0 Å². The molecule has 0 spiro atoms. The van der Waals surface area contributed by atoms with Crippen molar-refractivity contribution in [3.05, 3.63) is 136 Å². The summed E-state index contributed by atoms with van der Waals surface area (Å²) >= 11 is 6.55. The first-order valence-electron chi connectivity index (χ1n) is 13.6. The van der Waals surface area contributed by atoms with Crippen LogP contribution in [0.1, 0.15) is 45.2 Å². The van der Waals surface area contributed by atoms with E-state index in [9.17, 15) is 4.79 Å². The number of nitrogens with one attached hydrogen (secondary N) is 1. The van der Waals surface area contributed by atoms with E-state index >= 15 is 0 Å². The summed E-state index contributed by atoms with van der Waals surface area (Å²) in [6, 6.07) is 34.9. The van der Waals surface area contributed by atoms with Gasteiger partial charge in [0, 0.05) is 40.3 Å². The molecule has 0 radical (unpaired) electrons. The van der Waals surface area contributed by atoms with E-state index < -0.39 is 0 Å². The lowest BCUT2D eigenvalue weighted by atomic mass is 9.97. The molecule has 0 fully saturated rings. The van der Waals surface area contributed by atoms with Crippen LogP contribution in [0.3, 0.4) is 0 Å². The monoisotopic (exact) mass is 551 g/mol. The molecule has 0 amide bonds. The summed E-state index contributed by atoms with van der Waals surface area (Å²) in [5, 5.41) is 5.38. The van der Waals surface area contributed by atoms with E-state index in [0.29, 0.717) is 12.1 Å². The minimum atomic E-state index is -0.335. The van der Waals surface area contributed by atoms with Gasteiger partial charge in [0.2, 0.25) is 0 Å². The zero-order chi connectivity index (χ0) is 27.9. The molecule has 5 aromatic rings. The second-order valence-electron chi connectivity index (χ2n) is 9.82. The highest BCUT2D eigenvalue weighted by atomic mass is 35.5. The van der Waals surface area contributed by atoms with Crippen molar-refractivity contribution in [3.63, 3.8) is 0 Å². The van der Waals surface area contributed by atoms with Gasteiger partial charge in [0.25, 0.3) is 0 Å². The Hall–Kier alpha value is -4.06. The number of carbonyl (C=O) groups is 1. The Balaban J connectivity index is 1.50. The molecule has 0 saturated carbocycles. The molecule has 0 aliphatic heterocycles. The Labute approximate surface area is 240 Å². The van der Waals surface area contributed by atoms with Gasteiger partial charge in [-0.25, -0.2) is 4.79 Å². The van der Waals surface area contributed by atoms with Crippen molar-refractivity contribution in [3.8, 4) is 0 Å². The summed E-state index contributed by atoms with van der Waals surface area (Å²) < 4.78 is 7.26. The highest BCUT2D eigenvalue weighted by molar-refractivity contribution is 6.31. The lowest BCUT2D eigenvalue weighted by molar-refractivity contribution is 0.0600. The Morgan fingerprint density at radius 2 is 1.55 bits per heavy atom. The molecule has 4 aromatic carbocycles. The molecule has 0 atom stereocenters. The Kier molecular flexibility index (Phi) is 8.84. The summed E-state index contributed by atoms with van der Waals surface area (Å²) in [4.78, 5) is 11.7. The van der Waals surface area contributed by atoms with Gasteiger partial charge < -0.3 is 20.4 Å². The SMILES string of the molecule is COC(=O)c1ccc(NCCCc2c(CCN)n(C(c3ccccc3)c3ccccc3)c3ccc(Cl)cc23)cc1. The highest BCUT2D eigenvalue weighted by Gasteiger charge is 2.25. The maximum Gasteiger partial charge on any atom is 0.337 e. The van der Waals surface area contributed by atoms with Crippen LogP contribution in [0.25, 0.3) is 10.9 Å². The summed E-state index contributed by atoms with van der Waals surface area (Å²) in [7, 11) is 1.39. The highest BCUT2D eigenvalue weighted by Crippen LogP contribution is 2.37. The summed E-state index contributed by atoms with van der Waals surface area (Å²) in [5.74, 6) is -0.335. The van der Waals surface area contributed by atoms with Crippen molar-refractivity contribution in [2.75, 3.05) is 25.5 Å². The third kappa shape index (κ3) is 5.91. The summed E-state index contributed by atoms with van der Waals surface area (Å²) in [5.41, 5.74) is 13.9. The van der Waals surface area contributed by atoms with Gasteiger partial charge in [-0.2, -0.15) is 0 Å². The van der Waals surface area contributed by atoms with Gasteiger partial charge in [0.15, 0.2) is 0 Å². The molecule has 0 bridgehead atoms. The number of methoxy groups -OCH3 is 1. The molecule has 0 unspecified atom stereocenters. The third-order valence-electron chi connectivity index (χ3n) is 7.29. The van der Waals surface area contributed by atoms with Gasteiger partial charge in [-0.15, -0.1) is 0 Å². The Morgan fingerprint density at radius 1 is 0.900 bits per heavy atom. The normalized spacial score (nSPS) is 11.2. The van der Waals surface area contributed by atoms with Crippen LogP contribution in [-0.2, 0) is 17.6 Å². The van der Waals surface area contributed by atoms with Crippen LogP contribution in [0.4, 0.5) is 5.69 Å². The van der Waals surface area contributed by atoms with Crippen LogP contribution in [-0.4, -0.2) is 30.7 Å². The van der Waals surface area contributed by atoms with Crippen LogP contribution >= 0.6 is 11.6 Å². The van der Waals surface area contributed by atoms with Gasteiger partial charge in [-0.05, 0) is 78.5 Å². The Bertz CT molecular complexity index is 1520. The van der Waals surface area contributed by atoms with Gasteiger partial charge in [-0.1, -0.05) is 72.3 Å². The third-order valence-corrected chi connectivity index (χ3v) is 7.53. The number of esters is 1. The van der Waals surface area contributed by atoms with Crippen molar-refractivity contribution in [1.82, 2.24) is 4.57 Å². The molecule has 1 aromatic heterocycles. The van der Waals surface area contributed by atoms with Gasteiger partial charge in [-0.3, -0.25) is 0 Å². The number of nitrogens with zero attached hydrogens (tertiary/aromatic N) is 1. The number of aromatic nitrogens is 1. The molecule has 5 rings (SSSR count). The number of benzene rings is 4. The zero-order valence-corrected chi connectivity index (χ0v) is 23.4. The quantitative estimate of drug-likeness (QED) is 0.134. The van der Waals surface area contributed by atoms with E-state index in [1.165, 1.54) is 34.9 Å². The maximum atomic E-state index is 11.7. The number of rotatable bonds is 11. The first-order chi connectivity index (χ1) is 19.6. The second kappa shape index (κ2) is 12.9. The number of hydrogen-bond donors (Lipinski definition) is 2. The Morgan fingerprint density at radius 3 is 2.15 bits per heavy atom. The minimum absolute atomic E-state index is 0.00725. The molecule has 6 heteroatoms. The van der Waals surface area contributed by atoms with Gasteiger partial charge in [0.05, 0.1) is 18.7 Å². The van der Waals surface area contributed by atoms with E-state index in [4.69, 9.17) is 22.1 Å². The molecule has 1 heterocycles. The fraction of sp³-hybridized carbons (Fsp3) is 0.206. The first-order valence-corrected chi connectivity index (χ1v) is 14.0. The standard InChI is InChI=1S/C34H34ClN3O2/c1-40-34(39)26-14-17-28(18-15-26)37-22-8-13-29-30-23-27(35)16-19-31(30)38(32(29)20-21-36)33(24-9-4-2-5-10-24)25-11-6-3-7-12-25/h2-7,9-12,14-19,23,33,37H,8,13,20-22,36H2,1H3. The molecular weight excluding hydrogens is 518 g/mol. The van der Waals surface area contributed by atoms with Crippen LogP contribution < -0.4 is 11.1 Å². The minimum Gasteiger partial charge on any atom is -0.465 e. The van der Waals surface area contributed by atoms with Crippen molar-refractivity contribution in [2.24, 2.45) is 5.73 Å². The number of carbonyl (C=O) groups excluding carboxylic acids is 1. The predicted molar refractivity (Wildman–Crippen MR) is 164 cm³/mol. The molecular formula is C34H34ClN3O2. The molecule has 5 nitrogen and oxygen atoms in total. The zero-order valence-electron chi connectivity index (χ0n) is 22.6. The fourth-order valence-electron chi connectivity index (χ4n) is 5.49. The van der Waals surface area contributed by atoms with Crippen molar-refractivity contribution < 1.29 is 9.53 Å². The van der Waals surface area contributed by atoms with E-state index in [1.807, 2.05) is 18.2 Å². The van der Waals surface area contributed by atoms with E-state index in [1.54, 1.807) is 12.1 Å². The molecule has 40 heavy (non-hydrogen) atoms. The lowest BCUT2D eigenvalue weighted by Crippen LogP contribution is -2.18. The van der Waals surface area contributed by atoms with E-state index in [-0.39, 0.29) is 12.0 Å². The van der Waals surface area contributed by atoms with Crippen LogP contribution in [0.2, 0.25) is 5.02 Å². The number of aryl methyl sites for hydroxylation is 1. The molecule has 0 saturated heterocycles. The smallest absolute Gasteiger partial charge is 0.337 e. The average molecular weight is 552 g/mol. The maximum absolute atomic E-state index is 11.7. The first kappa shape index (κ1) is 27.5. The average Bonchev–Trinajstić information content (AvgIpc) is 3.28. The van der Waals surface area contributed by atoms with Gasteiger partial charge in [0.1, 0.15) is 0 Å². The number of anilines is 1. The fourth-order valence-corrected chi connectivity index (χ4v) is 5.66. The van der Waals surface area contributed by atoms with Gasteiger partial charge >= 0.3 is 5.97 Å². The molecule has 0 aliphatic rings. The number of ether oxygens (including phenoxy) is 1. The predicted octanol–water partition coefficient (Wildman–Crippen LogP) is 7.26. The number of fused-ring (bicyclic) bond motifs is 1. The number of nitrogens with two attached hydrogens (primary N) is 1.